The van der Waals surface area contributed by atoms with Crippen LogP contribution in [0, 0.1) is 18.6 Å². The zero-order valence-corrected chi connectivity index (χ0v) is 16.8. The molecule has 0 unspecified atom stereocenters. The number of nitrogens with one attached hydrogen (secondary N) is 1. The highest BCUT2D eigenvalue weighted by atomic mass is 19.1. The molecule has 8 heteroatoms. The number of aromatic nitrogens is 1. The molecule has 1 aliphatic rings. The van der Waals surface area contributed by atoms with Gasteiger partial charge in [-0.15, -0.1) is 0 Å². The average molecular weight is 422 g/mol. The maximum absolute atomic E-state index is 13.7. The van der Waals surface area contributed by atoms with Crippen LogP contribution in [0.4, 0.5) is 14.6 Å². The van der Waals surface area contributed by atoms with Gasteiger partial charge in [0.1, 0.15) is 11.6 Å². The minimum absolute atomic E-state index is 0.169. The molecule has 3 aromatic rings. The zero-order chi connectivity index (χ0) is 21.8. The summed E-state index contributed by atoms with van der Waals surface area (Å²) >= 11 is 0. The fraction of sp³-hybridized carbons (Fsp3) is 0.174. The van der Waals surface area contributed by atoms with E-state index in [0.717, 1.165) is 12.5 Å². The molecular weight excluding hydrogens is 402 g/mol. The molecule has 0 aliphatic carbocycles. The number of hydrogen-bond donors (Lipinski definition) is 1. The molecule has 4 rings (SSSR count). The van der Waals surface area contributed by atoms with Gasteiger partial charge in [-0.2, -0.15) is 10.6 Å². The number of hydrogen-bond acceptors (Lipinski definition) is 5. The second-order valence-corrected chi connectivity index (χ2v) is 7.12. The van der Waals surface area contributed by atoms with E-state index in [1.54, 1.807) is 48.6 Å². The number of pyridine rings is 1. The standard InChI is InChI=1S/C23H20F2N4O2/c1-15-21(31-28-23(30)17-6-3-2-4-7-17)18(10-16-11-19(24)13-20(25)12-16)14-26-22(15)29-9-5-8-27-29/h2-4,6-8,11-14H,5,9-10H2,1H3,(H,28,30). The van der Waals surface area contributed by atoms with E-state index in [9.17, 15) is 13.6 Å². The second-order valence-electron chi connectivity index (χ2n) is 7.12. The van der Waals surface area contributed by atoms with Crippen LogP contribution in [0.25, 0.3) is 0 Å². The first-order valence-corrected chi connectivity index (χ1v) is 9.77. The Labute approximate surface area is 178 Å². The average Bonchev–Trinajstić information content (AvgIpc) is 3.28. The van der Waals surface area contributed by atoms with Crippen molar-refractivity contribution in [3.63, 3.8) is 0 Å². The maximum Gasteiger partial charge on any atom is 0.283 e. The topological polar surface area (TPSA) is 66.8 Å². The van der Waals surface area contributed by atoms with Crippen molar-refractivity contribution >= 4 is 17.9 Å². The first-order valence-electron chi connectivity index (χ1n) is 9.77. The van der Waals surface area contributed by atoms with Crippen molar-refractivity contribution in [2.24, 2.45) is 5.10 Å². The van der Waals surface area contributed by atoms with Gasteiger partial charge in [-0.3, -0.25) is 4.79 Å². The van der Waals surface area contributed by atoms with Crippen molar-refractivity contribution in [1.29, 1.82) is 0 Å². The number of hydroxylamine groups is 1. The second kappa shape index (κ2) is 8.91. The van der Waals surface area contributed by atoms with E-state index in [1.165, 1.54) is 12.1 Å². The van der Waals surface area contributed by atoms with Crippen molar-refractivity contribution in [1.82, 2.24) is 10.5 Å². The monoisotopic (exact) mass is 422 g/mol. The van der Waals surface area contributed by atoms with Gasteiger partial charge < -0.3 is 4.84 Å². The van der Waals surface area contributed by atoms with E-state index in [4.69, 9.17) is 4.84 Å². The molecule has 2 aromatic carbocycles. The minimum Gasteiger partial charge on any atom is -0.378 e. The summed E-state index contributed by atoms with van der Waals surface area (Å²) < 4.78 is 27.3. The lowest BCUT2D eigenvalue weighted by atomic mass is 10.0. The van der Waals surface area contributed by atoms with Crippen molar-refractivity contribution in [3.8, 4) is 5.75 Å². The summed E-state index contributed by atoms with van der Waals surface area (Å²) in [4.78, 5) is 22.6. The summed E-state index contributed by atoms with van der Waals surface area (Å²) in [6.07, 6.45) is 4.33. The van der Waals surface area contributed by atoms with Crippen molar-refractivity contribution in [2.75, 3.05) is 11.6 Å². The van der Waals surface area contributed by atoms with Gasteiger partial charge in [0.2, 0.25) is 0 Å². The summed E-state index contributed by atoms with van der Waals surface area (Å²) in [5, 5.41) is 6.03. The van der Waals surface area contributed by atoms with Crippen LogP contribution in [-0.4, -0.2) is 23.7 Å². The molecule has 0 spiro atoms. The number of carbonyl (C=O) groups is 1. The molecule has 1 aromatic heterocycles. The molecule has 158 valence electrons. The highest BCUT2D eigenvalue weighted by Crippen LogP contribution is 2.32. The summed E-state index contributed by atoms with van der Waals surface area (Å²) in [7, 11) is 0. The SMILES string of the molecule is Cc1c(N2CCC=N2)ncc(Cc2cc(F)cc(F)c2)c1ONC(=O)c1ccccc1. The Morgan fingerprint density at radius 1 is 1.16 bits per heavy atom. The van der Waals surface area contributed by atoms with Gasteiger partial charge in [-0.1, -0.05) is 18.2 Å². The van der Waals surface area contributed by atoms with Crippen LogP contribution < -0.4 is 15.3 Å². The number of rotatable bonds is 6. The molecule has 0 saturated carbocycles. The Kier molecular flexibility index (Phi) is 5.88. The molecule has 6 nitrogen and oxygen atoms in total. The Bertz CT molecular complexity index is 1120. The summed E-state index contributed by atoms with van der Waals surface area (Å²) in [6.45, 7) is 2.48. The van der Waals surface area contributed by atoms with Crippen molar-refractivity contribution < 1.29 is 18.4 Å². The number of amides is 1. The number of benzene rings is 2. The summed E-state index contributed by atoms with van der Waals surface area (Å²) in [5.74, 6) is -0.793. The molecular formula is C23H20F2N4O2. The Morgan fingerprint density at radius 3 is 2.58 bits per heavy atom. The van der Waals surface area contributed by atoms with E-state index in [2.05, 4.69) is 15.6 Å². The molecule has 1 aliphatic heterocycles. The molecule has 1 N–H and O–H groups in total. The summed E-state index contributed by atoms with van der Waals surface area (Å²) in [5.41, 5.74) is 4.54. The van der Waals surface area contributed by atoms with E-state index in [-0.39, 0.29) is 6.42 Å². The van der Waals surface area contributed by atoms with Crippen LogP contribution in [0.1, 0.15) is 33.5 Å². The largest absolute Gasteiger partial charge is 0.378 e. The maximum atomic E-state index is 13.7. The van der Waals surface area contributed by atoms with Crippen LogP contribution >= 0.6 is 0 Å². The quantitative estimate of drug-likeness (QED) is 0.606. The fourth-order valence-corrected chi connectivity index (χ4v) is 3.40. The fourth-order valence-electron chi connectivity index (χ4n) is 3.40. The zero-order valence-electron chi connectivity index (χ0n) is 16.8. The van der Waals surface area contributed by atoms with Crippen LogP contribution in [0.15, 0.2) is 59.8 Å². The predicted octanol–water partition coefficient (Wildman–Crippen LogP) is 4.18. The number of halogens is 2. The predicted molar refractivity (Wildman–Crippen MR) is 113 cm³/mol. The number of hydrazone groups is 1. The normalized spacial score (nSPS) is 12.8. The molecule has 0 saturated heterocycles. The van der Waals surface area contributed by atoms with Gasteiger partial charge in [-0.05, 0) is 36.8 Å². The molecule has 1 amide bonds. The third-order valence-corrected chi connectivity index (χ3v) is 4.84. The highest BCUT2D eigenvalue weighted by molar-refractivity contribution is 5.93. The van der Waals surface area contributed by atoms with Crippen molar-refractivity contribution in [2.45, 2.75) is 19.8 Å². The number of carbonyl (C=O) groups excluding carboxylic acids is 1. The minimum atomic E-state index is -0.664. The smallest absolute Gasteiger partial charge is 0.283 e. The van der Waals surface area contributed by atoms with Gasteiger partial charge in [0.15, 0.2) is 11.6 Å². The Balaban J connectivity index is 1.65. The molecule has 2 heterocycles. The molecule has 31 heavy (non-hydrogen) atoms. The van der Waals surface area contributed by atoms with E-state index < -0.39 is 17.5 Å². The lowest BCUT2D eigenvalue weighted by Gasteiger charge is -2.20. The highest BCUT2D eigenvalue weighted by Gasteiger charge is 2.21. The third kappa shape index (κ3) is 4.69. The molecule has 0 fully saturated rings. The Hall–Kier alpha value is -3.81. The van der Waals surface area contributed by atoms with E-state index >= 15 is 0 Å². The van der Waals surface area contributed by atoms with Gasteiger partial charge >= 0.3 is 0 Å². The number of nitrogens with zero attached hydrogens (tertiary/aromatic N) is 3. The Morgan fingerprint density at radius 2 is 1.90 bits per heavy atom. The van der Waals surface area contributed by atoms with Crippen LogP contribution in [0.2, 0.25) is 0 Å². The molecule has 0 atom stereocenters. The molecule has 0 radical (unpaired) electrons. The van der Waals surface area contributed by atoms with Crippen LogP contribution in [-0.2, 0) is 6.42 Å². The van der Waals surface area contributed by atoms with E-state index in [0.29, 0.717) is 40.4 Å². The lowest BCUT2D eigenvalue weighted by molar-refractivity contribution is 0.0757. The van der Waals surface area contributed by atoms with Gasteiger partial charge in [0.25, 0.3) is 5.91 Å². The van der Waals surface area contributed by atoms with Crippen LogP contribution in [0.3, 0.4) is 0 Å². The first kappa shape index (κ1) is 20.5. The first-order chi connectivity index (χ1) is 15.0. The summed E-state index contributed by atoms with van der Waals surface area (Å²) in [6, 6.07) is 12.0. The lowest BCUT2D eigenvalue weighted by Crippen LogP contribution is -2.28. The van der Waals surface area contributed by atoms with Gasteiger partial charge in [-0.25, -0.2) is 18.8 Å². The van der Waals surface area contributed by atoms with Crippen molar-refractivity contribution in [3.05, 3.63) is 88.6 Å². The van der Waals surface area contributed by atoms with E-state index in [1.807, 2.05) is 6.07 Å². The third-order valence-electron chi connectivity index (χ3n) is 4.84. The van der Waals surface area contributed by atoms with Gasteiger partial charge in [0.05, 0.1) is 0 Å². The van der Waals surface area contributed by atoms with Gasteiger partial charge in [0, 0.05) is 54.6 Å². The van der Waals surface area contributed by atoms with Crippen LogP contribution in [0.5, 0.6) is 5.75 Å². The number of anilines is 1. The molecule has 0 bridgehead atoms.